The predicted molar refractivity (Wildman–Crippen MR) is 82.3 cm³/mol. The number of carboxylic acids is 1. The number of aromatic amines is 1. The fourth-order valence-corrected chi connectivity index (χ4v) is 2.16. The number of carbonyl (C=O) groups is 1. The Morgan fingerprint density at radius 2 is 1.82 bits per heavy atom. The lowest BCUT2D eigenvalue weighted by atomic mass is 10.1. The van der Waals surface area contributed by atoms with E-state index in [0.717, 1.165) is 16.5 Å². The summed E-state index contributed by atoms with van der Waals surface area (Å²) in [5, 5.41) is 27.7. The topological polar surface area (TPSA) is 98.0 Å². The average molecular weight is 295 g/mol. The van der Waals surface area contributed by atoms with Crippen LogP contribution >= 0.6 is 0 Å². The van der Waals surface area contributed by atoms with Gasteiger partial charge in [-0.05, 0) is 43.3 Å². The molecule has 0 saturated heterocycles. The minimum absolute atomic E-state index is 0.0495. The Morgan fingerprint density at radius 3 is 2.50 bits per heavy atom. The number of H-pyrrole nitrogens is 1. The Balaban J connectivity index is 1.96. The fraction of sp³-hybridized carbons (Fsp3) is 0.0625. The lowest BCUT2D eigenvalue weighted by Crippen LogP contribution is -1.93. The summed E-state index contributed by atoms with van der Waals surface area (Å²) in [5.41, 5.74) is 2.88. The van der Waals surface area contributed by atoms with Crippen molar-refractivity contribution in [2.45, 2.75) is 6.92 Å². The molecule has 2 aromatic carbocycles. The standard InChI is InChI=1S/C16H13N3O3/c1-9-2-7-13-12(8-9)14(15(20)17-13)19-18-11-5-3-10(4-6-11)16(21)22/h2-8,17,20H,1H3,(H,21,22). The van der Waals surface area contributed by atoms with Crippen LogP contribution in [0.1, 0.15) is 15.9 Å². The van der Waals surface area contributed by atoms with E-state index in [2.05, 4.69) is 15.2 Å². The van der Waals surface area contributed by atoms with E-state index in [1.165, 1.54) is 12.1 Å². The minimum atomic E-state index is -0.992. The maximum Gasteiger partial charge on any atom is 0.335 e. The van der Waals surface area contributed by atoms with Crippen molar-refractivity contribution >= 4 is 28.2 Å². The van der Waals surface area contributed by atoms with Crippen molar-refractivity contribution in [1.82, 2.24) is 4.98 Å². The summed E-state index contributed by atoms with van der Waals surface area (Å²) in [7, 11) is 0. The molecule has 6 nitrogen and oxygen atoms in total. The lowest BCUT2D eigenvalue weighted by Gasteiger charge is -1.96. The molecule has 0 atom stereocenters. The number of aromatic carboxylic acids is 1. The molecule has 22 heavy (non-hydrogen) atoms. The molecular formula is C16H13N3O3. The number of benzene rings is 2. The molecule has 0 saturated carbocycles. The Kier molecular flexibility index (Phi) is 3.34. The van der Waals surface area contributed by atoms with Gasteiger partial charge >= 0.3 is 5.97 Å². The quantitative estimate of drug-likeness (QED) is 0.628. The number of nitrogens with one attached hydrogen (secondary N) is 1. The zero-order valence-electron chi connectivity index (χ0n) is 11.7. The molecule has 3 aromatic rings. The zero-order chi connectivity index (χ0) is 15.7. The summed E-state index contributed by atoms with van der Waals surface area (Å²) in [6.45, 7) is 1.95. The second-order valence-corrected chi connectivity index (χ2v) is 4.92. The molecule has 6 heteroatoms. The van der Waals surface area contributed by atoms with Crippen LogP contribution in [0.3, 0.4) is 0 Å². The van der Waals surface area contributed by atoms with Crippen LogP contribution in [-0.4, -0.2) is 21.2 Å². The van der Waals surface area contributed by atoms with Gasteiger partial charge in [-0.1, -0.05) is 11.6 Å². The zero-order valence-corrected chi connectivity index (χ0v) is 11.7. The van der Waals surface area contributed by atoms with Gasteiger partial charge in [0.25, 0.3) is 0 Å². The maximum absolute atomic E-state index is 10.8. The summed E-state index contributed by atoms with van der Waals surface area (Å²) in [5.74, 6) is -1.04. The van der Waals surface area contributed by atoms with Gasteiger partial charge in [0, 0.05) is 5.39 Å². The van der Waals surface area contributed by atoms with Gasteiger partial charge in [0.05, 0.1) is 16.8 Å². The van der Waals surface area contributed by atoms with E-state index in [1.54, 1.807) is 12.1 Å². The van der Waals surface area contributed by atoms with Crippen LogP contribution in [0.4, 0.5) is 11.4 Å². The van der Waals surface area contributed by atoms with Crippen LogP contribution in [0, 0.1) is 6.92 Å². The third kappa shape index (κ3) is 2.54. The molecule has 1 heterocycles. The van der Waals surface area contributed by atoms with E-state index < -0.39 is 5.97 Å². The molecule has 0 fully saturated rings. The van der Waals surface area contributed by atoms with E-state index in [9.17, 15) is 9.90 Å². The van der Waals surface area contributed by atoms with Gasteiger partial charge in [-0.25, -0.2) is 4.79 Å². The number of rotatable bonds is 3. The first-order chi connectivity index (χ1) is 10.5. The molecule has 0 radical (unpaired) electrons. The van der Waals surface area contributed by atoms with Crippen LogP contribution in [0.25, 0.3) is 10.9 Å². The van der Waals surface area contributed by atoms with Crippen molar-refractivity contribution in [2.24, 2.45) is 10.2 Å². The highest BCUT2D eigenvalue weighted by atomic mass is 16.4. The molecule has 0 amide bonds. The highest BCUT2D eigenvalue weighted by Gasteiger charge is 2.10. The average Bonchev–Trinajstić information content (AvgIpc) is 2.80. The number of nitrogens with zero attached hydrogens (tertiary/aromatic N) is 2. The Labute approximate surface area is 125 Å². The second kappa shape index (κ2) is 5.33. The molecule has 3 N–H and O–H groups in total. The largest absolute Gasteiger partial charge is 0.493 e. The maximum atomic E-state index is 10.8. The third-order valence-electron chi connectivity index (χ3n) is 3.29. The van der Waals surface area contributed by atoms with Crippen molar-refractivity contribution in [3.05, 3.63) is 53.6 Å². The first-order valence-electron chi connectivity index (χ1n) is 6.61. The van der Waals surface area contributed by atoms with Crippen LogP contribution in [0.15, 0.2) is 52.7 Å². The van der Waals surface area contributed by atoms with Crippen molar-refractivity contribution in [2.75, 3.05) is 0 Å². The van der Waals surface area contributed by atoms with E-state index in [4.69, 9.17) is 5.11 Å². The number of aromatic hydroxyl groups is 1. The lowest BCUT2D eigenvalue weighted by molar-refractivity contribution is 0.0697. The van der Waals surface area contributed by atoms with Crippen LogP contribution in [0.5, 0.6) is 5.88 Å². The summed E-state index contributed by atoms with van der Waals surface area (Å²) in [6, 6.07) is 11.7. The van der Waals surface area contributed by atoms with Gasteiger partial charge in [-0.3, -0.25) is 0 Å². The number of aryl methyl sites for hydroxylation is 1. The molecule has 0 bridgehead atoms. The van der Waals surface area contributed by atoms with E-state index in [0.29, 0.717) is 11.4 Å². The van der Waals surface area contributed by atoms with Gasteiger partial charge < -0.3 is 15.2 Å². The molecule has 0 aliphatic rings. The highest BCUT2D eigenvalue weighted by Crippen LogP contribution is 2.36. The fourth-order valence-electron chi connectivity index (χ4n) is 2.16. The number of azo groups is 1. The number of aromatic nitrogens is 1. The SMILES string of the molecule is Cc1ccc2[nH]c(O)c(N=Nc3ccc(C(=O)O)cc3)c2c1. The summed E-state index contributed by atoms with van der Waals surface area (Å²) in [6.07, 6.45) is 0. The van der Waals surface area contributed by atoms with Gasteiger partial charge in [0.2, 0.25) is 5.88 Å². The highest BCUT2D eigenvalue weighted by molar-refractivity contribution is 5.94. The summed E-state index contributed by atoms with van der Waals surface area (Å²) >= 11 is 0. The van der Waals surface area contributed by atoms with Crippen LogP contribution in [-0.2, 0) is 0 Å². The second-order valence-electron chi connectivity index (χ2n) is 4.92. The molecule has 0 unspecified atom stereocenters. The summed E-state index contributed by atoms with van der Waals surface area (Å²) < 4.78 is 0. The molecule has 0 aliphatic heterocycles. The predicted octanol–water partition coefficient (Wildman–Crippen LogP) is 4.30. The Bertz CT molecular complexity index is 880. The smallest absolute Gasteiger partial charge is 0.335 e. The molecule has 0 aliphatic carbocycles. The number of hydrogen-bond acceptors (Lipinski definition) is 4. The van der Waals surface area contributed by atoms with E-state index >= 15 is 0 Å². The van der Waals surface area contributed by atoms with Crippen LogP contribution < -0.4 is 0 Å². The summed E-state index contributed by atoms with van der Waals surface area (Å²) in [4.78, 5) is 13.6. The third-order valence-corrected chi connectivity index (χ3v) is 3.29. The van der Waals surface area contributed by atoms with Crippen molar-refractivity contribution in [3.8, 4) is 5.88 Å². The molecule has 1 aromatic heterocycles. The molecule has 0 spiro atoms. The molecular weight excluding hydrogens is 282 g/mol. The number of fused-ring (bicyclic) bond motifs is 1. The van der Waals surface area contributed by atoms with E-state index in [-0.39, 0.29) is 11.4 Å². The van der Waals surface area contributed by atoms with Gasteiger partial charge in [0.1, 0.15) is 0 Å². The molecule has 3 rings (SSSR count). The number of carboxylic acid groups (broad SMARTS) is 1. The minimum Gasteiger partial charge on any atom is -0.493 e. The molecule has 110 valence electrons. The van der Waals surface area contributed by atoms with Gasteiger partial charge in [-0.2, -0.15) is 5.11 Å². The van der Waals surface area contributed by atoms with Gasteiger partial charge in [0.15, 0.2) is 5.69 Å². The first kappa shape index (κ1) is 13.8. The van der Waals surface area contributed by atoms with Crippen LogP contribution in [0.2, 0.25) is 0 Å². The normalized spacial score (nSPS) is 11.3. The first-order valence-corrected chi connectivity index (χ1v) is 6.61. The monoisotopic (exact) mass is 295 g/mol. The Hall–Kier alpha value is -3.15. The van der Waals surface area contributed by atoms with Crippen molar-refractivity contribution in [1.29, 1.82) is 0 Å². The van der Waals surface area contributed by atoms with E-state index in [1.807, 2.05) is 25.1 Å². The van der Waals surface area contributed by atoms with Crippen molar-refractivity contribution in [3.63, 3.8) is 0 Å². The Morgan fingerprint density at radius 1 is 1.09 bits per heavy atom. The number of hydrogen-bond donors (Lipinski definition) is 3. The van der Waals surface area contributed by atoms with Gasteiger partial charge in [-0.15, -0.1) is 5.11 Å². The van der Waals surface area contributed by atoms with Crippen molar-refractivity contribution < 1.29 is 15.0 Å².